The van der Waals surface area contributed by atoms with Gasteiger partial charge in [-0.05, 0) is 94.2 Å². The van der Waals surface area contributed by atoms with E-state index in [0.29, 0.717) is 46.3 Å². The molecule has 1 unspecified atom stereocenters. The molecule has 2 N–H and O–H groups in total. The molecule has 0 fully saturated rings. The van der Waals surface area contributed by atoms with Gasteiger partial charge in [0.05, 0.1) is 27.7 Å². The van der Waals surface area contributed by atoms with E-state index >= 15 is 0 Å². The lowest BCUT2D eigenvalue weighted by atomic mass is 9.68. The highest BCUT2D eigenvalue weighted by Gasteiger charge is 2.45. The fraction of sp³-hybridized carbons (Fsp3) is 0.273. The molecule has 1 atom stereocenters. The summed E-state index contributed by atoms with van der Waals surface area (Å²) in [5.74, 6) is 0.406. The number of nitriles is 1. The number of nitrogens with zero attached hydrogens (tertiary/aromatic N) is 2. The maximum Gasteiger partial charge on any atom is 0.162 e. The highest BCUT2D eigenvalue weighted by Crippen LogP contribution is 2.51. The summed E-state index contributed by atoms with van der Waals surface area (Å²) in [6.45, 7) is 8.51. The standard InChI is InChI=1S/C33H30BrCl2N3O2/c1-18-9-19(2)24(10-20(18)17-41-29-8-6-5-7-26(29)34)30-25(16-37)32(38)39(23-12-21(35)11-22(36)13-23)27-14-33(3,4)15-28(40)31(27)30/h5-13,30H,14-15,17,38H2,1-4H3. The Hall–Kier alpha value is -3.24. The monoisotopic (exact) mass is 649 g/mol. The number of ketones is 1. The lowest BCUT2D eigenvalue weighted by Crippen LogP contribution is -2.42. The van der Waals surface area contributed by atoms with Crippen molar-refractivity contribution in [3.63, 3.8) is 0 Å². The molecule has 0 bridgehead atoms. The van der Waals surface area contributed by atoms with Crippen molar-refractivity contribution in [2.75, 3.05) is 4.90 Å². The molecule has 0 radical (unpaired) electrons. The van der Waals surface area contributed by atoms with Crippen LogP contribution in [0.4, 0.5) is 5.69 Å². The smallest absolute Gasteiger partial charge is 0.162 e. The summed E-state index contributed by atoms with van der Waals surface area (Å²) in [5.41, 5.74) is 12.7. The molecule has 3 aromatic carbocycles. The van der Waals surface area contributed by atoms with E-state index in [1.54, 1.807) is 23.1 Å². The number of allylic oxidation sites excluding steroid dienone is 3. The summed E-state index contributed by atoms with van der Waals surface area (Å²) in [7, 11) is 0. The SMILES string of the molecule is Cc1cc(C)c(C2C(C#N)=C(N)N(c3cc(Cl)cc(Cl)c3)C3=C2C(=O)CC(C)(C)C3)cc1COc1ccccc1Br. The number of benzene rings is 3. The van der Waals surface area contributed by atoms with Gasteiger partial charge in [0.15, 0.2) is 5.78 Å². The van der Waals surface area contributed by atoms with E-state index in [9.17, 15) is 10.1 Å². The van der Waals surface area contributed by atoms with Crippen molar-refractivity contribution in [2.24, 2.45) is 11.1 Å². The second kappa shape index (κ2) is 11.2. The zero-order valence-corrected chi connectivity index (χ0v) is 26.4. The van der Waals surface area contributed by atoms with Crippen LogP contribution < -0.4 is 15.4 Å². The molecule has 2 aliphatic rings. The molecule has 41 heavy (non-hydrogen) atoms. The van der Waals surface area contributed by atoms with Gasteiger partial charge in [-0.25, -0.2) is 0 Å². The molecule has 8 heteroatoms. The number of rotatable bonds is 5. The normalized spacial score (nSPS) is 18.3. The van der Waals surface area contributed by atoms with Gasteiger partial charge in [0.2, 0.25) is 0 Å². The second-order valence-electron chi connectivity index (χ2n) is 11.5. The fourth-order valence-electron chi connectivity index (χ4n) is 5.88. The van der Waals surface area contributed by atoms with Crippen molar-refractivity contribution in [2.45, 2.75) is 53.1 Å². The number of Topliss-reactive ketones (excluding diaryl/α,β-unsaturated/α-hetero) is 1. The number of hydrogen-bond donors (Lipinski definition) is 1. The van der Waals surface area contributed by atoms with Crippen molar-refractivity contribution in [3.05, 3.63) is 114 Å². The minimum Gasteiger partial charge on any atom is -0.488 e. The van der Waals surface area contributed by atoms with Crippen LogP contribution in [0.25, 0.3) is 0 Å². The number of ether oxygens (including phenoxy) is 1. The van der Waals surface area contributed by atoms with E-state index in [1.165, 1.54) is 0 Å². The van der Waals surface area contributed by atoms with E-state index in [0.717, 1.165) is 38.2 Å². The Labute approximate surface area is 259 Å². The molecular weight excluding hydrogens is 621 g/mol. The Kier molecular flexibility index (Phi) is 8.00. The molecule has 1 heterocycles. The summed E-state index contributed by atoms with van der Waals surface area (Å²) in [4.78, 5) is 15.8. The first-order valence-corrected chi connectivity index (χ1v) is 14.8. The third kappa shape index (κ3) is 5.64. The van der Waals surface area contributed by atoms with Crippen molar-refractivity contribution in [1.82, 2.24) is 0 Å². The number of nitrogens with two attached hydrogens (primary N) is 1. The molecule has 3 aromatic rings. The molecule has 1 aliphatic carbocycles. The highest BCUT2D eigenvalue weighted by atomic mass is 79.9. The van der Waals surface area contributed by atoms with Crippen molar-refractivity contribution < 1.29 is 9.53 Å². The fourth-order valence-corrected chi connectivity index (χ4v) is 6.80. The van der Waals surface area contributed by atoms with Gasteiger partial charge in [0, 0.05) is 27.7 Å². The van der Waals surface area contributed by atoms with Crippen LogP contribution in [0.1, 0.15) is 54.9 Å². The Morgan fingerprint density at radius 3 is 2.41 bits per heavy atom. The number of halogens is 3. The summed E-state index contributed by atoms with van der Waals surface area (Å²) in [5, 5.41) is 11.4. The van der Waals surface area contributed by atoms with Gasteiger partial charge in [-0.2, -0.15) is 5.26 Å². The highest BCUT2D eigenvalue weighted by molar-refractivity contribution is 9.10. The van der Waals surface area contributed by atoms with Gasteiger partial charge >= 0.3 is 0 Å². The van der Waals surface area contributed by atoms with Gasteiger partial charge in [-0.1, -0.05) is 61.3 Å². The van der Waals surface area contributed by atoms with Crippen LogP contribution in [0.3, 0.4) is 0 Å². The molecule has 5 rings (SSSR count). The Morgan fingerprint density at radius 2 is 1.76 bits per heavy atom. The summed E-state index contributed by atoms with van der Waals surface area (Å²) < 4.78 is 7.02. The molecule has 210 valence electrons. The predicted octanol–water partition coefficient (Wildman–Crippen LogP) is 8.89. The first kappa shape index (κ1) is 29.3. The minimum atomic E-state index is -0.604. The average molecular weight is 651 g/mol. The number of aryl methyl sites for hydroxylation is 2. The van der Waals surface area contributed by atoms with Crippen molar-refractivity contribution in [1.29, 1.82) is 5.26 Å². The lowest BCUT2D eigenvalue weighted by molar-refractivity contribution is -0.118. The van der Waals surface area contributed by atoms with Gasteiger partial charge in [0.1, 0.15) is 18.2 Å². The Balaban J connectivity index is 1.68. The number of carbonyl (C=O) groups excluding carboxylic acids is 1. The van der Waals surface area contributed by atoms with E-state index in [2.05, 4.69) is 48.0 Å². The Bertz CT molecular complexity index is 1670. The number of carbonyl (C=O) groups is 1. The molecule has 0 spiro atoms. The first-order valence-electron chi connectivity index (χ1n) is 13.3. The van der Waals surface area contributed by atoms with Gasteiger partial charge < -0.3 is 10.5 Å². The molecule has 1 aliphatic heterocycles. The minimum absolute atomic E-state index is 0.00520. The van der Waals surface area contributed by atoms with Crippen LogP contribution in [-0.2, 0) is 11.4 Å². The topological polar surface area (TPSA) is 79.4 Å². The van der Waals surface area contributed by atoms with Crippen LogP contribution in [0, 0.1) is 30.6 Å². The van der Waals surface area contributed by atoms with Gasteiger partial charge in [0.25, 0.3) is 0 Å². The first-order chi connectivity index (χ1) is 19.4. The van der Waals surface area contributed by atoms with Crippen molar-refractivity contribution >= 4 is 50.6 Å². The predicted molar refractivity (Wildman–Crippen MR) is 168 cm³/mol. The van der Waals surface area contributed by atoms with E-state index < -0.39 is 5.92 Å². The van der Waals surface area contributed by atoms with Crippen LogP contribution >= 0.6 is 39.1 Å². The summed E-state index contributed by atoms with van der Waals surface area (Å²) in [6, 6.07) is 19.3. The molecule has 0 aromatic heterocycles. The maximum atomic E-state index is 14.0. The number of para-hydroxylation sites is 1. The van der Waals surface area contributed by atoms with Crippen LogP contribution in [-0.4, -0.2) is 5.78 Å². The molecule has 0 saturated carbocycles. The molecule has 0 amide bonds. The maximum absolute atomic E-state index is 14.0. The van der Waals surface area contributed by atoms with E-state index in [1.807, 2.05) is 38.1 Å². The van der Waals surface area contributed by atoms with Crippen LogP contribution in [0.15, 0.2) is 81.7 Å². The molecule has 0 saturated heterocycles. The van der Waals surface area contributed by atoms with Crippen LogP contribution in [0.5, 0.6) is 5.75 Å². The van der Waals surface area contributed by atoms with Gasteiger partial charge in [-0.15, -0.1) is 0 Å². The lowest BCUT2D eigenvalue weighted by Gasteiger charge is -2.44. The van der Waals surface area contributed by atoms with Crippen LogP contribution in [0.2, 0.25) is 10.0 Å². The van der Waals surface area contributed by atoms with E-state index in [4.69, 9.17) is 33.7 Å². The number of anilines is 1. The zero-order valence-electron chi connectivity index (χ0n) is 23.3. The molecular formula is C33H30BrCl2N3O2. The van der Waals surface area contributed by atoms with Gasteiger partial charge in [-0.3, -0.25) is 9.69 Å². The third-order valence-electron chi connectivity index (χ3n) is 7.74. The zero-order chi connectivity index (χ0) is 29.6. The Morgan fingerprint density at radius 1 is 1.07 bits per heavy atom. The second-order valence-corrected chi connectivity index (χ2v) is 13.2. The average Bonchev–Trinajstić information content (AvgIpc) is 2.87. The molecule has 5 nitrogen and oxygen atoms in total. The van der Waals surface area contributed by atoms with E-state index in [-0.39, 0.29) is 17.0 Å². The van der Waals surface area contributed by atoms with Crippen molar-refractivity contribution in [3.8, 4) is 11.8 Å². The summed E-state index contributed by atoms with van der Waals surface area (Å²) in [6.07, 6.45) is 0.963. The number of hydrogen-bond acceptors (Lipinski definition) is 5. The quantitative estimate of drug-likeness (QED) is 0.298. The third-order valence-corrected chi connectivity index (χ3v) is 8.83. The summed E-state index contributed by atoms with van der Waals surface area (Å²) >= 11 is 16.3. The largest absolute Gasteiger partial charge is 0.488 e.